The summed E-state index contributed by atoms with van der Waals surface area (Å²) in [5.74, 6) is 0.796. The van der Waals surface area contributed by atoms with Gasteiger partial charge in [0.1, 0.15) is 5.82 Å². The summed E-state index contributed by atoms with van der Waals surface area (Å²) in [6.07, 6.45) is 3.48. The van der Waals surface area contributed by atoms with E-state index in [0.29, 0.717) is 5.69 Å². The molecule has 3 N–H and O–H groups in total. The molecule has 66 valence electrons. The largest absolute Gasteiger partial charge is 0.398 e. The van der Waals surface area contributed by atoms with Gasteiger partial charge in [-0.15, -0.1) is 0 Å². The van der Waals surface area contributed by atoms with Crippen molar-refractivity contribution >= 4 is 21.6 Å². The minimum Gasteiger partial charge on any atom is -0.398 e. The molecule has 0 unspecified atom stereocenters. The Hall–Kier alpha value is -1.29. The molecule has 1 aromatic heterocycles. The molecule has 0 radical (unpaired) electrons. The number of anilines is 1. The molecular weight excluding hydrogens is 230 g/mol. The number of imidazole rings is 1. The molecule has 0 atom stereocenters. The van der Waals surface area contributed by atoms with Gasteiger partial charge in [-0.3, -0.25) is 0 Å². The van der Waals surface area contributed by atoms with Crippen molar-refractivity contribution in [2.45, 2.75) is 0 Å². The Morgan fingerprint density at radius 1 is 1.38 bits per heavy atom. The average Bonchev–Trinajstić information content (AvgIpc) is 2.56. The average molecular weight is 238 g/mol. The Bertz CT molecular complexity index is 409. The number of benzene rings is 1. The summed E-state index contributed by atoms with van der Waals surface area (Å²) < 4.78 is 0.973. The fourth-order valence-corrected chi connectivity index (χ4v) is 1.54. The van der Waals surface area contributed by atoms with E-state index in [1.54, 1.807) is 12.4 Å². The minimum absolute atomic E-state index is 0.712. The van der Waals surface area contributed by atoms with Gasteiger partial charge in [0.15, 0.2) is 0 Å². The number of hydrogen-bond acceptors (Lipinski definition) is 2. The lowest BCUT2D eigenvalue weighted by Crippen LogP contribution is -1.90. The van der Waals surface area contributed by atoms with Gasteiger partial charge in [0, 0.05) is 28.1 Å². The van der Waals surface area contributed by atoms with Crippen LogP contribution < -0.4 is 5.73 Å². The Labute approximate surface area is 84.1 Å². The van der Waals surface area contributed by atoms with Crippen LogP contribution in [0.3, 0.4) is 0 Å². The number of aromatic nitrogens is 2. The number of hydrogen-bond donors (Lipinski definition) is 2. The van der Waals surface area contributed by atoms with E-state index in [1.165, 1.54) is 0 Å². The lowest BCUT2D eigenvalue weighted by Gasteiger charge is -2.02. The summed E-state index contributed by atoms with van der Waals surface area (Å²) >= 11 is 3.35. The fraction of sp³-hybridized carbons (Fsp3) is 0. The number of H-pyrrole nitrogens is 1. The second kappa shape index (κ2) is 3.22. The molecule has 0 amide bonds. The van der Waals surface area contributed by atoms with Crippen molar-refractivity contribution in [1.29, 1.82) is 0 Å². The first kappa shape index (κ1) is 8.31. The molecule has 0 saturated carbocycles. The van der Waals surface area contributed by atoms with Crippen LogP contribution in [0.15, 0.2) is 35.1 Å². The molecule has 0 aliphatic heterocycles. The lowest BCUT2D eigenvalue weighted by molar-refractivity contribution is 1.31. The van der Waals surface area contributed by atoms with E-state index >= 15 is 0 Å². The third-order valence-corrected chi connectivity index (χ3v) is 2.26. The van der Waals surface area contributed by atoms with E-state index in [2.05, 4.69) is 25.9 Å². The van der Waals surface area contributed by atoms with E-state index in [1.807, 2.05) is 18.2 Å². The van der Waals surface area contributed by atoms with Gasteiger partial charge in [-0.05, 0) is 18.2 Å². The number of rotatable bonds is 1. The standard InChI is InChI=1S/C9H8BrN3/c10-6-1-2-7(8(11)5-6)9-12-3-4-13-9/h1-5H,11H2,(H,12,13). The van der Waals surface area contributed by atoms with Crippen molar-refractivity contribution in [2.75, 3.05) is 5.73 Å². The van der Waals surface area contributed by atoms with Gasteiger partial charge in [0.2, 0.25) is 0 Å². The smallest absolute Gasteiger partial charge is 0.139 e. The molecule has 0 fully saturated rings. The maximum absolute atomic E-state index is 5.82. The van der Waals surface area contributed by atoms with Crippen molar-refractivity contribution in [2.24, 2.45) is 0 Å². The highest BCUT2D eigenvalue weighted by Gasteiger charge is 2.03. The minimum atomic E-state index is 0.712. The maximum atomic E-state index is 5.82. The van der Waals surface area contributed by atoms with Gasteiger partial charge in [-0.1, -0.05) is 15.9 Å². The van der Waals surface area contributed by atoms with Crippen LogP contribution in [0.4, 0.5) is 5.69 Å². The summed E-state index contributed by atoms with van der Waals surface area (Å²) in [4.78, 5) is 7.13. The van der Waals surface area contributed by atoms with Crippen LogP contribution in [0, 0.1) is 0 Å². The second-order valence-electron chi connectivity index (χ2n) is 2.67. The van der Waals surface area contributed by atoms with Gasteiger partial charge >= 0.3 is 0 Å². The van der Waals surface area contributed by atoms with Crippen molar-refractivity contribution in [1.82, 2.24) is 9.97 Å². The second-order valence-corrected chi connectivity index (χ2v) is 3.59. The Morgan fingerprint density at radius 2 is 2.23 bits per heavy atom. The lowest BCUT2D eigenvalue weighted by atomic mass is 10.2. The summed E-state index contributed by atoms with van der Waals surface area (Å²) in [5, 5.41) is 0. The SMILES string of the molecule is Nc1cc(Br)ccc1-c1ncc[nH]1. The number of nitrogens with two attached hydrogens (primary N) is 1. The van der Waals surface area contributed by atoms with Crippen molar-refractivity contribution < 1.29 is 0 Å². The molecule has 13 heavy (non-hydrogen) atoms. The number of aromatic amines is 1. The zero-order valence-corrected chi connectivity index (χ0v) is 8.38. The molecule has 0 aliphatic rings. The predicted molar refractivity (Wildman–Crippen MR) is 56.1 cm³/mol. The normalized spacial score (nSPS) is 10.2. The first-order valence-corrected chi connectivity index (χ1v) is 4.61. The first-order chi connectivity index (χ1) is 6.27. The van der Waals surface area contributed by atoms with E-state index in [-0.39, 0.29) is 0 Å². The summed E-state index contributed by atoms with van der Waals surface area (Å²) in [5.41, 5.74) is 7.46. The fourth-order valence-electron chi connectivity index (χ4n) is 1.16. The molecule has 3 nitrogen and oxygen atoms in total. The highest BCUT2D eigenvalue weighted by Crippen LogP contribution is 2.25. The van der Waals surface area contributed by atoms with Crippen LogP contribution in [-0.2, 0) is 0 Å². The highest BCUT2D eigenvalue weighted by atomic mass is 79.9. The number of nitrogens with one attached hydrogen (secondary N) is 1. The molecular formula is C9H8BrN3. The van der Waals surface area contributed by atoms with Gasteiger partial charge in [0.25, 0.3) is 0 Å². The molecule has 0 bridgehead atoms. The van der Waals surface area contributed by atoms with Crippen molar-refractivity contribution in [3.8, 4) is 11.4 Å². The molecule has 0 aliphatic carbocycles. The Morgan fingerprint density at radius 3 is 2.85 bits per heavy atom. The van der Waals surface area contributed by atoms with Crippen molar-refractivity contribution in [3.05, 3.63) is 35.1 Å². The quantitative estimate of drug-likeness (QED) is 0.749. The van der Waals surface area contributed by atoms with Crippen molar-refractivity contribution in [3.63, 3.8) is 0 Å². The number of nitrogen functional groups attached to an aromatic ring is 1. The summed E-state index contributed by atoms with van der Waals surface area (Å²) in [6.45, 7) is 0. The maximum Gasteiger partial charge on any atom is 0.139 e. The monoisotopic (exact) mass is 237 g/mol. The van der Waals surface area contributed by atoms with Crippen LogP contribution in [0.1, 0.15) is 0 Å². The molecule has 2 rings (SSSR count). The molecule has 1 heterocycles. The van der Waals surface area contributed by atoms with E-state index in [4.69, 9.17) is 5.73 Å². The van der Waals surface area contributed by atoms with Crippen LogP contribution in [0.2, 0.25) is 0 Å². The van der Waals surface area contributed by atoms with Gasteiger partial charge in [0.05, 0.1) is 0 Å². The molecule has 1 aromatic carbocycles. The summed E-state index contributed by atoms with van der Waals surface area (Å²) in [6, 6.07) is 5.73. The first-order valence-electron chi connectivity index (χ1n) is 3.82. The van der Waals surface area contributed by atoms with Gasteiger partial charge in [-0.2, -0.15) is 0 Å². The molecule has 0 spiro atoms. The topological polar surface area (TPSA) is 54.7 Å². The van der Waals surface area contributed by atoms with Crippen LogP contribution >= 0.6 is 15.9 Å². The highest BCUT2D eigenvalue weighted by molar-refractivity contribution is 9.10. The third kappa shape index (κ3) is 1.58. The molecule has 0 saturated heterocycles. The zero-order valence-electron chi connectivity index (χ0n) is 6.79. The molecule has 2 aromatic rings. The van der Waals surface area contributed by atoms with Crippen LogP contribution in [0.25, 0.3) is 11.4 Å². The van der Waals surface area contributed by atoms with E-state index < -0.39 is 0 Å². The van der Waals surface area contributed by atoms with E-state index in [9.17, 15) is 0 Å². The number of halogens is 1. The third-order valence-electron chi connectivity index (χ3n) is 1.77. The molecule has 4 heteroatoms. The van der Waals surface area contributed by atoms with Gasteiger partial charge in [-0.25, -0.2) is 4.98 Å². The Balaban J connectivity index is 2.53. The van der Waals surface area contributed by atoms with Crippen LogP contribution in [-0.4, -0.2) is 9.97 Å². The van der Waals surface area contributed by atoms with Crippen LogP contribution in [0.5, 0.6) is 0 Å². The van der Waals surface area contributed by atoms with Gasteiger partial charge < -0.3 is 10.7 Å². The predicted octanol–water partition coefficient (Wildman–Crippen LogP) is 2.42. The summed E-state index contributed by atoms with van der Waals surface area (Å²) in [7, 11) is 0. The Kier molecular flexibility index (Phi) is 2.06. The zero-order chi connectivity index (χ0) is 9.26. The van der Waals surface area contributed by atoms with E-state index in [0.717, 1.165) is 15.9 Å². The number of nitrogens with zero attached hydrogens (tertiary/aromatic N) is 1.